The number of nitrogens with two attached hydrogens (primary N) is 1. The van der Waals surface area contributed by atoms with E-state index in [2.05, 4.69) is 22.9 Å². The number of hydrogen-bond acceptors (Lipinski definition) is 10. The summed E-state index contributed by atoms with van der Waals surface area (Å²) in [4.78, 5) is 28.7. The number of aromatic nitrogens is 2. The molecule has 3 atom stereocenters. The van der Waals surface area contributed by atoms with Gasteiger partial charge in [0.15, 0.2) is 11.6 Å². The Morgan fingerprint density at radius 2 is 2.08 bits per heavy atom. The normalized spacial score (nSPS) is 24.2. The highest BCUT2D eigenvalue weighted by Gasteiger charge is 2.48. The predicted molar refractivity (Wildman–Crippen MR) is 181 cm³/mol. The Balaban J connectivity index is 1.36. The van der Waals surface area contributed by atoms with E-state index < -0.39 is 11.6 Å². The Morgan fingerprint density at radius 3 is 2.90 bits per heavy atom. The number of carbonyl (C=O) groups excluding carboxylic acids is 1. The van der Waals surface area contributed by atoms with Crippen LogP contribution in [0.4, 0.5) is 19.6 Å². The van der Waals surface area contributed by atoms with E-state index >= 15 is 8.78 Å². The zero-order chi connectivity index (χ0) is 33.5. The zero-order valence-corrected chi connectivity index (χ0v) is 28.2. The van der Waals surface area contributed by atoms with Crippen LogP contribution in [-0.4, -0.2) is 83.7 Å². The third kappa shape index (κ3) is 4.75. The van der Waals surface area contributed by atoms with Gasteiger partial charge in [-0.25, -0.2) is 8.78 Å². The fourth-order valence-electron chi connectivity index (χ4n) is 8.28. The molecule has 3 fully saturated rings. The largest absolute Gasteiger partial charge is 0.491 e. The molecule has 10 nitrogen and oxygen atoms in total. The van der Waals surface area contributed by atoms with Crippen molar-refractivity contribution >= 4 is 60.7 Å². The molecule has 4 aromatic rings. The van der Waals surface area contributed by atoms with Crippen LogP contribution >= 0.6 is 22.9 Å². The molecule has 4 aliphatic rings. The number of fused-ring (bicyclic) bond motifs is 4. The van der Waals surface area contributed by atoms with Crippen molar-refractivity contribution in [2.45, 2.75) is 50.6 Å². The molecule has 48 heavy (non-hydrogen) atoms. The van der Waals surface area contributed by atoms with E-state index in [9.17, 15) is 10.1 Å². The maximum atomic E-state index is 17.3. The van der Waals surface area contributed by atoms with Crippen LogP contribution < -0.4 is 20.1 Å². The minimum absolute atomic E-state index is 0.00377. The van der Waals surface area contributed by atoms with Crippen LogP contribution in [-0.2, 0) is 4.79 Å². The van der Waals surface area contributed by atoms with Crippen molar-refractivity contribution in [1.29, 1.82) is 5.26 Å². The molecule has 4 aliphatic heterocycles. The number of ether oxygens (including phenoxy) is 2. The summed E-state index contributed by atoms with van der Waals surface area (Å²) < 4.78 is 45.2. The summed E-state index contributed by atoms with van der Waals surface area (Å²) in [5, 5.41) is 10.5. The summed E-state index contributed by atoms with van der Waals surface area (Å²) >= 11 is 8.00. The van der Waals surface area contributed by atoms with Gasteiger partial charge in [0.2, 0.25) is 5.91 Å². The van der Waals surface area contributed by atoms with Crippen LogP contribution in [0.5, 0.6) is 11.8 Å². The minimum Gasteiger partial charge on any atom is -0.491 e. The molecule has 250 valence electrons. The Kier molecular flexibility index (Phi) is 7.54. The van der Waals surface area contributed by atoms with Crippen LogP contribution in [0.15, 0.2) is 12.1 Å². The van der Waals surface area contributed by atoms with Gasteiger partial charge in [-0.05, 0) is 43.4 Å². The lowest BCUT2D eigenvalue weighted by molar-refractivity contribution is -0.129. The molecule has 2 aromatic heterocycles. The molecule has 1 amide bonds. The molecule has 6 heterocycles. The Labute approximate surface area is 285 Å². The summed E-state index contributed by atoms with van der Waals surface area (Å²) in [6.07, 6.45) is 3.80. The third-order valence-corrected chi connectivity index (χ3v) is 11.9. The second kappa shape index (κ2) is 11.6. The number of anilines is 2. The first kappa shape index (κ1) is 31.3. The van der Waals surface area contributed by atoms with Gasteiger partial charge < -0.3 is 25.0 Å². The van der Waals surface area contributed by atoms with Gasteiger partial charge in [0.1, 0.15) is 34.8 Å². The fraction of sp³-hybridized carbons (Fsp3) is 0.471. The highest BCUT2D eigenvalue weighted by Crippen LogP contribution is 2.51. The van der Waals surface area contributed by atoms with Crippen molar-refractivity contribution in [3.63, 3.8) is 0 Å². The fourth-order valence-corrected chi connectivity index (χ4v) is 9.56. The number of nitrogens with zero attached hydrogens (tertiary/aromatic N) is 6. The first-order chi connectivity index (χ1) is 23.1. The molecule has 1 unspecified atom stereocenters. The Morgan fingerprint density at radius 1 is 1.25 bits per heavy atom. The lowest BCUT2D eigenvalue weighted by atomic mass is 9.92. The molecule has 0 spiro atoms. The lowest BCUT2D eigenvalue weighted by Crippen LogP contribution is -2.43. The van der Waals surface area contributed by atoms with Gasteiger partial charge in [-0.15, -0.1) is 11.3 Å². The van der Waals surface area contributed by atoms with E-state index in [-0.39, 0.29) is 90.0 Å². The van der Waals surface area contributed by atoms with Crippen LogP contribution in [0.2, 0.25) is 5.02 Å². The monoisotopic (exact) mass is 693 g/mol. The van der Waals surface area contributed by atoms with Crippen molar-refractivity contribution in [2.24, 2.45) is 5.92 Å². The van der Waals surface area contributed by atoms with Crippen LogP contribution in [0.25, 0.3) is 32.1 Å². The number of halogens is 3. The van der Waals surface area contributed by atoms with Gasteiger partial charge in [0.25, 0.3) is 0 Å². The molecule has 2 N–H and O–H groups in total. The number of amides is 1. The van der Waals surface area contributed by atoms with E-state index in [1.807, 2.05) is 4.90 Å². The Bertz CT molecular complexity index is 2050. The van der Waals surface area contributed by atoms with Crippen molar-refractivity contribution in [3.8, 4) is 29.0 Å². The number of thiophene rings is 1. The van der Waals surface area contributed by atoms with Gasteiger partial charge >= 0.3 is 6.01 Å². The second-order valence-electron chi connectivity index (χ2n) is 13.5. The molecule has 0 saturated carbocycles. The Hall–Kier alpha value is -3.99. The van der Waals surface area contributed by atoms with E-state index in [0.717, 1.165) is 43.7 Å². The summed E-state index contributed by atoms with van der Waals surface area (Å²) in [6.45, 7) is 5.71. The van der Waals surface area contributed by atoms with Crippen molar-refractivity contribution in [3.05, 3.63) is 34.4 Å². The number of carbonyl (C=O) groups is 1. The molecule has 3 saturated heterocycles. The summed E-state index contributed by atoms with van der Waals surface area (Å²) in [5.41, 5.74) is 6.07. The molecule has 0 radical (unpaired) electrons. The van der Waals surface area contributed by atoms with Gasteiger partial charge in [0.05, 0.1) is 32.8 Å². The SMILES string of the molecule is C[C@H]1CN2CCC[C@@]2(COc2nc3c4c(c(Cl)c(-c5ccc(F)c6sc(N)c(C#N)c56)c(F)c4n2)OCCC2CC(=O)N(C)CCN32)C1. The standard InChI is InChI=1S/C34H34ClF2N7O3S/c1-17-13-34(7-3-8-43(34)15-17)16-47-33-40-28-25-29(46-11-6-18-12-22(45)42(2)9-10-44(18)32(25)41-33)26(35)24(27(28)37)19-4-5-21(36)30-23(19)20(14-38)31(39)48-30/h4-5,17-18H,3,6-13,15-16,39H2,1-2H3/t17-,18?,34+/m1/s1. The molecule has 0 aliphatic carbocycles. The predicted octanol–water partition coefficient (Wildman–Crippen LogP) is 5.97. The van der Waals surface area contributed by atoms with Gasteiger partial charge in [-0.1, -0.05) is 24.6 Å². The maximum absolute atomic E-state index is 17.3. The van der Waals surface area contributed by atoms with E-state index in [0.29, 0.717) is 37.9 Å². The van der Waals surface area contributed by atoms with E-state index in [4.69, 9.17) is 31.8 Å². The average Bonchev–Trinajstić information content (AvgIpc) is 3.67. The third-order valence-electron chi connectivity index (χ3n) is 10.5. The van der Waals surface area contributed by atoms with Crippen molar-refractivity contribution < 1.29 is 23.0 Å². The highest BCUT2D eigenvalue weighted by molar-refractivity contribution is 7.23. The molecule has 14 heteroatoms. The number of likely N-dealkylation sites (N-methyl/N-ethyl adjacent to an activating group) is 1. The van der Waals surface area contributed by atoms with Gasteiger partial charge in [0, 0.05) is 56.5 Å². The van der Waals surface area contributed by atoms with Gasteiger partial charge in [-0.3, -0.25) is 9.69 Å². The van der Waals surface area contributed by atoms with Crippen LogP contribution in [0, 0.1) is 28.9 Å². The number of nitriles is 1. The molecular weight excluding hydrogens is 660 g/mol. The highest BCUT2D eigenvalue weighted by atomic mass is 35.5. The number of rotatable bonds is 4. The first-order valence-corrected chi connectivity index (χ1v) is 17.4. The minimum atomic E-state index is -0.785. The maximum Gasteiger partial charge on any atom is 0.319 e. The number of hydrogen-bond donors (Lipinski definition) is 1. The molecule has 8 rings (SSSR count). The van der Waals surface area contributed by atoms with E-state index in [1.165, 1.54) is 12.1 Å². The quantitative estimate of drug-likeness (QED) is 0.276. The second-order valence-corrected chi connectivity index (χ2v) is 14.9. The number of benzene rings is 2. The van der Waals surface area contributed by atoms with Crippen molar-refractivity contribution in [2.75, 3.05) is 57.1 Å². The summed E-state index contributed by atoms with van der Waals surface area (Å²) in [7, 11) is 1.77. The summed E-state index contributed by atoms with van der Waals surface area (Å²) in [6, 6.07) is 4.42. The van der Waals surface area contributed by atoms with Crippen LogP contribution in [0.1, 0.15) is 44.6 Å². The zero-order valence-electron chi connectivity index (χ0n) is 26.6. The first-order valence-electron chi connectivity index (χ1n) is 16.2. The van der Waals surface area contributed by atoms with Crippen molar-refractivity contribution in [1.82, 2.24) is 19.8 Å². The molecule has 2 aromatic carbocycles. The number of nitrogen functional groups attached to an aromatic ring is 1. The van der Waals surface area contributed by atoms with Gasteiger partial charge in [-0.2, -0.15) is 15.2 Å². The topological polar surface area (TPSA) is 121 Å². The molecular formula is C34H34ClF2N7O3S. The smallest absolute Gasteiger partial charge is 0.319 e. The lowest BCUT2D eigenvalue weighted by Gasteiger charge is -2.34. The van der Waals surface area contributed by atoms with E-state index in [1.54, 1.807) is 11.9 Å². The average molecular weight is 694 g/mol. The molecule has 0 bridgehead atoms. The van der Waals surface area contributed by atoms with Crippen LogP contribution in [0.3, 0.4) is 0 Å². The summed E-state index contributed by atoms with van der Waals surface area (Å²) in [5.74, 6) is -0.268.